The van der Waals surface area contributed by atoms with E-state index >= 15 is 0 Å². The first kappa shape index (κ1) is 12.4. The number of rotatable bonds is 2. The smallest absolute Gasteiger partial charge is 0.129 e. The average Bonchev–Trinajstić information content (AvgIpc) is 2.55. The van der Waals surface area contributed by atoms with E-state index in [-0.39, 0.29) is 11.5 Å². The molecule has 2 atom stereocenters. The van der Waals surface area contributed by atoms with Crippen LogP contribution in [0.3, 0.4) is 0 Å². The van der Waals surface area contributed by atoms with Gasteiger partial charge in [-0.2, -0.15) is 0 Å². The van der Waals surface area contributed by atoms with Gasteiger partial charge >= 0.3 is 0 Å². The van der Waals surface area contributed by atoms with Gasteiger partial charge in [-0.25, -0.2) is 0 Å². The topological polar surface area (TPSA) is 29.5 Å². The Labute approximate surface area is 104 Å². The number of hydrogen-bond acceptors (Lipinski definition) is 2. The van der Waals surface area contributed by atoms with Crippen molar-refractivity contribution in [2.45, 2.75) is 58.2 Å². The van der Waals surface area contributed by atoms with E-state index in [0.717, 1.165) is 24.2 Å². The molecule has 0 saturated heterocycles. The van der Waals surface area contributed by atoms with Crippen molar-refractivity contribution in [3.05, 3.63) is 29.3 Å². The molecule has 1 aliphatic heterocycles. The molecule has 2 rings (SSSR count). The molecule has 1 aromatic rings. The molecule has 0 fully saturated rings. The summed E-state index contributed by atoms with van der Waals surface area (Å²) in [5.74, 6) is 0.851. The van der Waals surface area contributed by atoms with Gasteiger partial charge < -0.3 is 9.84 Å². The zero-order chi connectivity index (χ0) is 12.6. The second-order valence-electron chi connectivity index (χ2n) is 5.89. The van der Waals surface area contributed by atoms with Crippen LogP contribution in [0.25, 0.3) is 0 Å². The second-order valence-corrected chi connectivity index (χ2v) is 5.89. The summed E-state index contributed by atoms with van der Waals surface area (Å²) >= 11 is 0. The number of ether oxygens (including phenoxy) is 1. The summed E-state index contributed by atoms with van der Waals surface area (Å²) in [5, 5.41) is 10.2. The quantitative estimate of drug-likeness (QED) is 0.847. The van der Waals surface area contributed by atoms with E-state index in [1.165, 1.54) is 5.56 Å². The minimum absolute atomic E-state index is 0.0646. The van der Waals surface area contributed by atoms with Crippen molar-refractivity contribution in [3.63, 3.8) is 0 Å². The normalized spacial score (nSPS) is 23.4. The van der Waals surface area contributed by atoms with Gasteiger partial charge in [0.1, 0.15) is 18.0 Å². The van der Waals surface area contributed by atoms with Crippen molar-refractivity contribution in [1.82, 2.24) is 0 Å². The molecule has 2 heteroatoms. The highest BCUT2D eigenvalue weighted by Gasteiger charge is 2.33. The first-order chi connectivity index (χ1) is 7.93. The zero-order valence-corrected chi connectivity index (χ0v) is 11.2. The van der Waals surface area contributed by atoms with E-state index in [4.69, 9.17) is 4.74 Å². The maximum absolute atomic E-state index is 10.2. The molecule has 2 nitrogen and oxygen atoms in total. The third-order valence-corrected chi connectivity index (χ3v) is 3.40. The summed E-state index contributed by atoms with van der Waals surface area (Å²) in [6, 6.07) is 6.18. The summed E-state index contributed by atoms with van der Waals surface area (Å²) in [4.78, 5) is 0. The maximum atomic E-state index is 10.2. The SMILES string of the molecule is CCCC1Oc2ccc(C(C)(C)C)cc2C1O. The first-order valence-electron chi connectivity index (χ1n) is 6.42. The largest absolute Gasteiger partial charge is 0.487 e. The molecule has 1 aliphatic rings. The number of aliphatic hydroxyl groups is 1. The molecule has 17 heavy (non-hydrogen) atoms. The maximum Gasteiger partial charge on any atom is 0.129 e. The molecular weight excluding hydrogens is 212 g/mol. The Morgan fingerprint density at radius 2 is 2.00 bits per heavy atom. The van der Waals surface area contributed by atoms with Crippen molar-refractivity contribution in [3.8, 4) is 5.75 Å². The number of benzene rings is 1. The van der Waals surface area contributed by atoms with Crippen molar-refractivity contribution in [1.29, 1.82) is 0 Å². The van der Waals surface area contributed by atoms with E-state index < -0.39 is 6.10 Å². The van der Waals surface area contributed by atoms with Crippen LogP contribution in [0, 0.1) is 0 Å². The lowest BCUT2D eigenvalue weighted by molar-refractivity contribution is 0.0616. The Hall–Kier alpha value is -1.02. The van der Waals surface area contributed by atoms with Gasteiger partial charge in [-0.1, -0.05) is 40.2 Å². The lowest BCUT2D eigenvalue weighted by atomic mass is 9.85. The minimum Gasteiger partial charge on any atom is -0.487 e. The van der Waals surface area contributed by atoms with Crippen molar-refractivity contribution >= 4 is 0 Å². The van der Waals surface area contributed by atoms with Crippen LogP contribution in [-0.2, 0) is 5.41 Å². The summed E-state index contributed by atoms with van der Waals surface area (Å²) < 4.78 is 5.78. The predicted octanol–water partition coefficient (Wildman–Crippen LogP) is 3.58. The van der Waals surface area contributed by atoms with Gasteiger partial charge in [0.05, 0.1) is 0 Å². The van der Waals surface area contributed by atoms with Crippen molar-refractivity contribution in [2.24, 2.45) is 0 Å². The molecule has 1 aromatic carbocycles. The van der Waals surface area contributed by atoms with Crippen LogP contribution < -0.4 is 4.74 Å². The third-order valence-electron chi connectivity index (χ3n) is 3.40. The standard InChI is InChI=1S/C15H22O2/c1-5-6-13-14(16)11-9-10(15(2,3)4)7-8-12(11)17-13/h7-9,13-14,16H,5-6H2,1-4H3. The van der Waals surface area contributed by atoms with Crippen LogP contribution in [0.1, 0.15) is 57.8 Å². The molecule has 2 unspecified atom stereocenters. The average molecular weight is 234 g/mol. The summed E-state index contributed by atoms with van der Waals surface area (Å²) in [5.41, 5.74) is 2.31. The van der Waals surface area contributed by atoms with E-state index in [1.54, 1.807) is 0 Å². The summed E-state index contributed by atoms with van der Waals surface area (Å²) in [6.07, 6.45) is 1.40. The fourth-order valence-corrected chi connectivity index (χ4v) is 2.28. The van der Waals surface area contributed by atoms with Crippen LogP contribution in [0.4, 0.5) is 0 Å². The van der Waals surface area contributed by atoms with Gasteiger partial charge in [0.2, 0.25) is 0 Å². The molecule has 0 aromatic heterocycles. The van der Waals surface area contributed by atoms with Crippen molar-refractivity contribution in [2.75, 3.05) is 0 Å². The van der Waals surface area contributed by atoms with Crippen molar-refractivity contribution < 1.29 is 9.84 Å². The zero-order valence-electron chi connectivity index (χ0n) is 11.2. The molecule has 0 saturated carbocycles. The van der Waals surface area contributed by atoms with E-state index in [9.17, 15) is 5.11 Å². The molecular formula is C15H22O2. The Bertz CT molecular complexity index is 404. The molecule has 0 amide bonds. The number of hydrogen-bond donors (Lipinski definition) is 1. The van der Waals surface area contributed by atoms with E-state index in [0.29, 0.717) is 0 Å². The molecule has 0 spiro atoms. The van der Waals surface area contributed by atoms with E-state index in [2.05, 4.69) is 39.8 Å². The van der Waals surface area contributed by atoms with Crippen LogP contribution in [-0.4, -0.2) is 11.2 Å². The van der Waals surface area contributed by atoms with E-state index in [1.807, 2.05) is 6.07 Å². The second kappa shape index (κ2) is 4.34. The molecule has 94 valence electrons. The van der Waals surface area contributed by atoms with Crippen LogP contribution in [0.2, 0.25) is 0 Å². The Balaban J connectivity index is 2.31. The fourth-order valence-electron chi connectivity index (χ4n) is 2.28. The van der Waals surface area contributed by atoms with Gasteiger partial charge in [-0.15, -0.1) is 0 Å². The molecule has 1 N–H and O–H groups in total. The van der Waals surface area contributed by atoms with Gasteiger partial charge in [0, 0.05) is 5.56 Å². The number of aliphatic hydroxyl groups excluding tert-OH is 1. The van der Waals surface area contributed by atoms with Crippen LogP contribution in [0.15, 0.2) is 18.2 Å². The first-order valence-corrected chi connectivity index (χ1v) is 6.42. The third kappa shape index (κ3) is 2.32. The highest BCUT2D eigenvalue weighted by molar-refractivity contribution is 5.44. The highest BCUT2D eigenvalue weighted by Crippen LogP contribution is 2.40. The summed E-state index contributed by atoms with van der Waals surface area (Å²) in [7, 11) is 0. The Morgan fingerprint density at radius 1 is 1.29 bits per heavy atom. The molecule has 0 bridgehead atoms. The predicted molar refractivity (Wildman–Crippen MR) is 69.4 cm³/mol. The van der Waals surface area contributed by atoms with Crippen LogP contribution >= 0.6 is 0 Å². The highest BCUT2D eigenvalue weighted by atomic mass is 16.5. The lowest BCUT2D eigenvalue weighted by Gasteiger charge is -2.19. The lowest BCUT2D eigenvalue weighted by Crippen LogP contribution is -2.18. The Kier molecular flexibility index (Phi) is 3.17. The Morgan fingerprint density at radius 3 is 2.59 bits per heavy atom. The molecule has 0 aliphatic carbocycles. The van der Waals surface area contributed by atoms with Gasteiger partial charge in [-0.3, -0.25) is 0 Å². The molecule has 1 heterocycles. The number of fused-ring (bicyclic) bond motifs is 1. The van der Waals surface area contributed by atoms with Gasteiger partial charge in [0.25, 0.3) is 0 Å². The summed E-state index contributed by atoms with van der Waals surface area (Å²) in [6.45, 7) is 8.65. The van der Waals surface area contributed by atoms with Gasteiger partial charge in [-0.05, 0) is 29.5 Å². The minimum atomic E-state index is -0.466. The van der Waals surface area contributed by atoms with Gasteiger partial charge in [0.15, 0.2) is 0 Å². The molecule has 0 radical (unpaired) electrons. The monoisotopic (exact) mass is 234 g/mol. The van der Waals surface area contributed by atoms with Crippen LogP contribution in [0.5, 0.6) is 5.75 Å². The fraction of sp³-hybridized carbons (Fsp3) is 0.600.